The lowest BCUT2D eigenvalue weighted by Crippen LogP contribution is -2.33. The van der Waals surface area contributed by atoms with E-state index in [9.17, 15) is 14.4 Å². The fraction of sp³-hybridized carbons (Fsp3) is 0.190. The van der Waals surface area contributed by atoms with Gasteiger partial charge in [0.15, 0.2) is 5.65 Å². The highest BCUT2D eigenvalue weighted by atomic mass is 35.5. The Morgan fingerprint density at radius 1 is 1.13 bits per heavy atom. The van der Waals surface area contributed by atoms with Gasteiger partial charge in [0, 0.05) is 24.8 Å². The van der Waals surface area contributed by atoms with Crippen LogP contribution in [0.15, 0.2) is 64.7 Å². The van der Waals surface area contributed by atoms with Crippen molar-refractivity contribution < 1.29 is 4.79 Å². The summed E-state index contributed by atoms with van der Waals surface area (Å²) in [6, 6.07) is 10.4. The first-order valence-electron chi connectivity index (χ1n) is 9.53. The quantitative estimate of drug-likeness (QED) is 0.490. The van der Waals surface area contributed by atoms with Gasteiger partial charge in [-0.2, -0.15) is 5.10 Å². The number of pyridine rings is 1. The van der Waals surface area contributed by atoms with Gasteiger partial charge in [-0.1, -0.05) is 23.7 Å². The third-order valence-electron chi connectivity index (χ3n) is 4.87. The second-order valence-corrected chi connectivity index (χ2v) is 7.44. The molecule has 31 heavy (non-hydrogen) atoms. The summed E-state index contributed by atoms with van der Waals surface area (Å²) in [6.45, 7) is 0.894. The van der Waals surface area contributed by atoms with Gasteiger partial charge in [-0.15, -0.1) is 0 Å². The van der Waals surface area contributed by atoms with E-state index in [1.165, 1.54) is 27.7 Å². The summed E-state index contributed by atoms with van der Waals surface area (Å²) < 4.78 is 4.40. The summed E-state index contributed by atoms with van der Waals surface area (Å²) in [5.74, 6) is -0.462. The number of hydrogen-bond acceptors (Lipinski definition) is 5. The molecule has 0 saturated carbocycles. The van der Waals surface area contributed by atoms with Crippen molar-refractivity contribution in [1.82, 2.24) is 29.2 Å². The van der Waals surface area contributed by atoms with Crippen LogP contribution >= 0.6 is 11.6 Å². The molecule has 158 valence electrons. The van der Waals surface area contributed by atoms with Crippen molar-refractivity contribution in [1.29, 1.82) is 0 Å². The standard InChI is InChI=1S/C21H19ClN6O3/c1-26-9-2-3-16(20(26)30)19(29)23-8-10-28-18-17(11-25-28)21(31)27(13-24-18)12-14-4-6-15(22)7-5-14/h2-7,9,11,13H,8,10,12H2,1H3,(H,23,29). The van der Waals surface area contributed by atoms with E-state index in [-0.39, 0.29) is 23.2 Å². The molecule has 0 spiro atoms. The van der Waals surface area contributed by atoms with Gasteiger partial charge in [-0.25, -0.2) is 9.67 Å². The first kappa shape index (κ1) is 20.5. The molecule has 4 rings (SSSR count). The number of halogens is 1. The molecule has 0 fully saturated rings. The lowest BCUT2D eigenvalue weighted by Gasteiger charge is -2.08. The van der Waals surface area contributed by atoms with E-state index in [1.54, 1.807) is 36.1 Å². The van der Waals surface area contributed by atoms with E-state index in [0.29, 0.717) is 29.1 Å². The summed E-state index contributed by atoms with van der Waals surface area (Å²) in [7, 11) is 1.58. The third kappa shape index (κ3) is 4.26. The van der Waals surface area contributed by atoms with Crippen molar-refractivity contribution in [3.8, 4) is 0 Å². The minimum Gasteiger partial charge on any atom is -0.350 e. The van der Waals surface area contributed by atoms with Crippen LogP contribution in [0, 0.1) is 0 Å². The summed E-state index contributed by atoms with van der Waals surface area (Å²) in [5, 5.41) is 7.94. The van der Waals surface area contributed by atoms with Crippen molar-refractivity contribution in [3.05, 3.63) is 92.0 Å². The zero-order valence-corrected chi connectivity index (χ0v) is 17.4. The highest BCUT2D eigenvalue weighted by molar-refractivity contribution is 6.30. The fourth-order valence-electron chi connectivity index (χ4n) is 3.20. The van der Waals surface area contributed by atoms with Crippen LogP contribution in [-0.2, 0) is 20.1 Å². The van der Waals surface area contributed by atoms with E-state index < -0.39 is 5.91 Å². The number of benzene rings is 1. The highest BCUT2D eigenvalue weighted by Gasteiger charge is 2.13. The van der Waals surface area contributed by atoms with Crippen molar-refractivity contribution in [3.63, 3.8) is 0 Å². The van der Waals surface area contributed by atoms with E-state index in [1.807, 2.05) is 12.1 Å². The molecule has 0 atom stereocenters. The van der Waals surface area contributed by atoms with Crippen LogP contribution in [0.3, 0.4) is 0 Å². The first-order valence-corrected chi connectivity index (χ1v) is 9.91. The van der Waals surface area contributed by atoms with Crippen molar-refractivity contribution in [2.24, 2.45) is 7.05 Å². The normalized spacial score (nSPS) is 11.0. The largest absolute Gasteiger partial charge is 0.350 e. The van der Waals surface area contributed by atoms with Gasteiger partial charge < -0.3 is 9.88 Å². The smallest absolute Gasteiger partial charge is 0.264 e. The maximum absolute atomic E-state index is 12.8. The number of amides is 1. The number of rotatable bonds is 6. The Labute approximate surface area is 181 Å². The first-order chi connectivity index (χ1) is 14.9. The second-order valence-electron chi connectivity index (χ2n) is 7.00. The van der Waals surface area contributed by atoms with Gasteiger partial charge >= 0.3 is 0 Å². The molecule has 3 aromatic heterocycles. The lowest BCUT2D eigenvalue weighted by molar-refractivity contribution is 0.0950. The molecular weight excluding hydrogens is 420 g/mol. The van der Waals surface area contributed by atoms with E-state index in [0.717, 1.165) is 5.56 Å². The maximum atomic E-state index is 12.8. The predicted octanol–water partition coefficient (Wildman–Crippen LogP) is 1.42. The molecule has 0 aliphatic carbocycles. The molecule has 10 heteroatoms. The van der Waals surface area contributed by atoms with Gasteiger partial charge in [0.05, 0.1) is 19.3 Å². The van der Waals surface area contributed by atoms with E-state index in [2.05, 4.69) is 15.4 Å². The molecule has 4 aromatic rings. The van der Waals surface area contributed by atoms with Crippen LogP contribution in [0.25, 0.3) is 11.0 Å². The van der Waals surface area contributed by atoms with Gasteiger partial charge in [-0.3, -0.25) is 19.0 Å². The van der Waals surface area contributed by atoms with Crippen LogP contribution in [0.1, 0.15) is 15.9 Å². The lowest BCUT2D eigenvalue weighted by atomic mass is 10.2. The average Bonchev–Trinajstić information content (AvgIpc) is 3.17. The number of aromatic nitrogens is 5. The summed E-state index contributed by atoms with van der Waals surface area (Å²) in [5.41, 5.74) is 0.853. The number of nitrogens with one attached hydrogen (secondary N) is 1. The molecule has 1 amide bonds. The van der Waals surface area contributed by atoms with Crippen LogP contribution < -0.4 is 16.4 Å². The Kier molecular flexibility index (Phi) is 5.68. The topological polar surface area (TPSA) is 104 Å². The highest BCUT2D eigenvalue weighted by Crippen LogP contribution is 2.11. The fourth-order valence-corrected chi connectivity index (χ4v) is 3.33. The van der Waals surface area contributed by atoms with Gasteiger partial charge in [0.2, 0.25) is 0 Å². The number of carbonyl (C=O) groups excluding carboxylic acids is 1. The van der Waals surface area contributed by atoms with Gasteiger partial charge in [0.1, 0.15) is 17.3 Å². The molecule has 1 N–H and O–H groups in total. The molecule has 0 aliphatic heterocycles. The molecule has 0 aliphatic rings. The van der Waals surface area contributed by atoms with Crippen molar-refractivity contribution >= 4 is 28.5 Å². The average molecular weight is 439 g/mol. The molecular formula is C21H19ClN6O3. The summed E-state index contributed by atoms with van der Waals surface area (Å²) in [4.78, 5) is 41.5. The van der Waals surface area contributed by atoms with Crippen molar-refractivity contribution in [2.75, 3.05) is 6.54 Å². The number of nitrogens with zero attached hydrogens (tertiary/aromatic N) is 5. The SMILES string of the molecule is Cn1cccc(C(=O)NCCn2ncc3c(=O)n(Cc4ccc(Cl)cc4)cnc32)c1=O. The third-order valence-corrected chi connectivity index (χ3v) is 5.12. The Balaban J connectivity index is 1.47. The van der Waals surface area contributed by atoms with Crippen LogP contribution in [0.2, 0.25) is 5.02 Å². The zero-order chi connectivity index (χ0) is 22.0. The van der Waals surface area contributed by atoms with Crippen LogP contribution in [0.5, 0.6) is 0 Å². The Hall–Kier alpha value is -3.72. The number of carbonyl (C=O) groups is 1. The number of aryl methyl sites for hydroxylation is 1. The van der Waals surface area contributed by atoms with Gasteiger partial charge in [0.25, 0.3) is 17.0 Å². The molecule has 9 nitrogen and oxygen atoms in total. The molecule has 1 aromatic carbocycles. The molecule has 0 bridgehead atoms. The Morgan fingerprint density at radius 2 is 1.90 bits per heavy atom. The predicted molar refractivity (Wildman–Crippen MR) is 116 cm³/mol. The molecule has 3 heterocycles. The van der Waals surface area contributed by atoms with Crippen molar-refractivity contribution in [2.45, 2.75) is 13.1 Å². The minimum atomic E-state index is -0.462. The maximum Gasteiger partial charge on any atom is 0.264 e. The molecule has 0 radical (unpaired) electrons. The minimum absolute atomic E-state index is 0.0681. The van der Waals surface area contributed by atoms with Gasteiger partial charge in [-0.05, 0) is 29.8 Å². The van der Waals surface area contributed by atoms with E-state index in [4.69, 9.17) is 11.6 Å². The number of hydrogen-bond donors (Lipinski definition) is 1. The van der Waals surface area contributed by atoms with Crippen LogP contribution in [0.4, 0.5) is 0 Å². The molecule has 0 unspecified atom stereocenters. The Morgan fingerprint density at radius 3 is 2.68 bits per heavy atom. The zero-order valence-electron chi connectivity index (χ0n) is 16.7. The van der Waals surface area contributed by atoms with Crippen LogP contribution in [-0.4, -0.2) is 36.4 Å². The second kappa shape index (κ2) is 8.57. The summed E-state index contributed by atoms with van der Waals surface area (Å²) in [6.07, 6.45) is 4.53. The molecule has 0 saturated heterocycles. The number of fused-ring (bicyclic) bond motifs is 1. The van der Waals surface area contributed by atoms with E-state index >= 15 is 0 Å². The monoisotopic (exact) mass is 438 g/mol. The summed E-state index contributed by atoms with van der Waals surface area (Å²) >= 11 is 5.90. The Bertz CT molecular complexity index is 1370.